The Morgan fingerprint density at radius 2 is 2.03 bits per heavy atom. The van der Waals surface area contributed by atoms with Gasteiger partial charge < -0.3 is 4.74 Å². The number of benzene rings is 2. The SMILES string of the molecule is CC(C)CCN=[N+]=[N-].COC(=O)NC1=Nc2ccc(Sc3ccccc3)cc2C1. The smallest absolute Gasteiger partial charge is 0.412 e. The minimum atomic E-state index is -0.486. The number of alkyl carbamates (subject to hydrolysis) is 1. The van der Waals surface area contributed by atoms with Gasteiger partial charge in [-0.05, 0) is 53.8 Å². The first-order valence-electron chi connectivity index (χ1n) is 9.31. The van der Waals surface area contributed by atoms with Crippen LogP contribution >= 0.6 is 11.8 Å². The van der Waals surface area contributed by atoms with E-state index in [2.05, 4.69) is 57.1 Å². The Balaban J connectivity index is 0.000000321. The molecule has 8 heteroatoms. The second-order valence-corrected chi connectivity index (χ2v) is 7.84. The fraction of sp³-hybridized carbons (Fsp3) is 0.333. The summed E-state index contributed by atoms with van der Waals surface area (Å²) in [5, 5.41) is 6.02. The van der Waals surface area contributed by atoms with Crippen molar-refractivity contribution in [1.29, 1.82) is 0 Å². The Kier molecular flexibility index (Phi) is 9.08. The molecule has 0 aromatic heterocycles. The zero-order valence-electron chi connectivity index (χ0n) is 16.8. The van der Waals surface area contributed by atoms with Crippen LogP contribution in [0.15, 0.2) is 68.4 Å². The van der Waals surface area contributed by atoms with Gasteiger partial charge in [0.05, 0.1) is 12.8 Å². The summed E-state index contributed by atoms with van der Waals surface area (Å²) >= 11 is 1.71. The van der Waals surface area contributed by atoms with E-state index in [4.69, 9.17) is 5.53 Å². The van der Waals surface area contributed by atoms with Gasteiger partial charge in [0, 0.05) is 27.7 Å². The molecule has 152 valence electrons. The quantitative estimate of drug-likeness (QED) is 0.364. The lowest BCUT2D eigenvalue weighted by Crippen LogP contribution is -2.30. The van der Waals surface area contributed by atoms with Gasteiger partial charge >= 0.3 is 6.09 Å². The van der Waals surface area contributed by atoms with E-state index in [1.807, 2.05) is 30.3 Å². The summed E-state index contributed by atoms with van der Waals surface area (Å²) in [7, 11) is 1.34. The molecular formula is C21H25N5O2S. The normalized spacial score (nSPS) is 11.5. The van der Waals surface area contributed by atoms with Crippen LogP contribution in [-0.4, -0.2) is 25.6 Å². The van der Waals surface area contributed by atoms with E-state index < -0.39 is 6.09 Å². The molecule has 0 aliphatic carbocycles. The second-order valence-electron chi connectivity index (χ2n) is 6.69. The van der Waals surface area contributed by atoms with Gasteiger partial charge in [0.1, 0.15) is 5.84 Å². The molecule has 2 aromatic rings. The van der Waals surface area contributed by atoms with Crippen molar-refractivity contribution in [2.24, 2.45) is 16.0 Å². The topological polar surface area (TPSA) is 99.5 Å². The molecule has 3 rings (SSSR count). The number of rotatable bonds is 5. The van der Waals surface area contributed by atoms with Crippen molar-refractivity contribution in [3.63, 3.8) is 0 Å². The van der Waals surface area contributed by atoms with Crippen molar-refractivity contribution in [2.45, 2.75) is 36.5 Å². The maximum absolute atomic E-state index is 11.2. The maximum atomic E-state index is 11.2. The number of nitrogens with zero attached hydrogens (tertiary/aromatic N) is 4. The maximum Gasteiger partial charge on any atom is 0.412 e. The van der Waals surface area contributed by atoms with Crippen molar-refractivity contribution in [3.8, 4) is 0 Å². The number of ether oxygens (including phenoxy) is 1. The Morgan fingerprint density at radius 1 is 1.28 bits per heavy atom. The Morgan fingerprint density at radius 3 is 2.69 bits per heavy atom. The third-order valence-electron chi connectivity index (χ3n) is 3.94. The molecular weight excluding hydrogens is 386 g/mol. The predicted molar refractivity (Wildman–Crippen MR) is 117 cm³/mol. The molecule has 29 heavy (non-hydrogen) atoms. The van der Waals surface area contributed by atoms with Gasteiger partial charge in [-0.15, -0.1) is 0 Å². The van der Waals surface area contributed by atoms with E-state index in [9.17, 15) is 4.79 Å². The van der Waals surface area contributed by atoms with Gasteiger partial charge in [0.15, 0.2) is 0 Å². The van der Waals surface area contributed by atoms with Gasteiger partial charge in [0.25, 0.3) is 0 Å². The average Bonchev–Trinajstić information content (AvgIpc) is 3.10. The first kappa shape index (κ1) is 22.3. The van der Waals surface area contributed by atoms with E-state index in [0.717, 1.165) is 22.6 Å². The number of carbonyl (C=O) groups excluding carboxylic acids is 1. The van der Waals surface area contributed by atoms with Gasteiger partial charge in [0.2, 0.25) is 0 Å². The van der Waals surface area contributed by atoms with Gasteiger partial charge in [-0.25, -0.2) is 9.79 Å². The van der Waals surface area contributed by atoms with Crippen LogP contribution in [0.2, 0.25) is 0 Å². The lowest BCUT2D eigenvalue weighted by molar-refractivity contribution is 0.176. The van der Waals surface area contributed by atoms with Crippen molar-refractivity contribution in [2.75, 3.05) is 13.7 Å². The third-order valence-corrected chi connectivity index (χ3v) is 4.94. The summed E-state index contributed by atoms with van der Waals surface area (Å²) in [5.74, 6) is 1.26. The second kappa shape index (κ2) is 11.8. The molecule has 0 fully saturated rings. The number of nitrogens with one attached hydrogen (secondary N) is 1. The largest absolute Gasteiger partial charge is 0.453 e. The fourth-order valence-corrected chi connectivity index (χ4v) is 3.37. The number of amidine groups is 1. The van der Waals surface area contributed by atoms with Gasteiger partial charge in [-0.3, -0.25) is 5.32 Å². The lowest BCUT2D eigenvalue weighted by atomic mass is 10.1. The summed E-state index contributed by atoms with van der Waals surface area (Å²) in [6, 6.07) is 16.4. The van der Waals surface area contributed by atoms with Crippen LogP contribution < -0.4 is 5.32 Å². The number of aliphatic imine (C=N–C) groups is 1. The van der Waals surface area contributed by atoms with Crippen LogP contribution in [0.4, 0.5) is 10.5 Å². The summed E-state index contributed by atoms with van der Waals surface area (Å²) in [6.45, 7) is 4.84. The van der Waals surface area contributed by atoms with Crippen LogP contribution in [0.3, 0.4) is 0 Å². The van der Waals surface area contributed by atoms with E-state index in [0.29, 0.717) is 24.7 Å². The minimum Gasteiger partial charge on any atom is -0.453 e. The molecule has 7 nitrogen and oxygen atoms in total. The van der Waals surface area contributed by atoms with E-state index >= 15 is 0 Å². The monoisotopic (exact) mass is 411 g/mol. The molecule has 0 saturated heterocycles. The van der Waals surface area contributed by atoms with Crippen LogP contribution in [-0.2, 0) is 11.2 Å². The summed E-state index contributed by atoms with van der Waals surface area (Å²) < 4.78 is 4.58. The highest BCUT2D eigenvalue weighted by atomic mass is 32.2. The molecule has 1 N–H and O–H groups in total. The number of methoxy groups -OCH3 is 1. The number of azide groups is 1. The number of fused-ring (bicyclic) bond motifs is 1. The molecule has 1 aliphatic rings. The van der Waals surface area contributed by atoms with E-state index in [1.54, 1.807) is 11.8 Å². The molecule has 0 bridgehead atoms. The Hall–Kier alpha value is -2.96. The zero-order chi connectivity index (χ0) is 21.1. The summed E-state index contributed by atoms with van der Waals surface area (Å²) in [6.07, 6.45) is 1.12. The fourth-order valence-electron chi connectivity index (χ4n) is 2.47. The van der Waals surface area contributed by atoms with Crippen molar-refractivity contribution < 1.29 is 9.53 Å². The molecule has 2 aromatic carbocycles. The third kappa shape index (κ3) is 7.89. The molecule has 0 saturated carbocycles. The highest BCUT2D eigenvalue weighted by Crippen LogP contribution is 2.33. The van der Waals surface area contributed by atoms with Crippen LogP contribution in [0.5, 0.6) is 0 Å². The number of hydrogen-bond donors (Lipinski definition) is 1. The first-order chi connectivity index (χ1) is 14.0. The summed E-state index contributed by atoms with van der Waals surface area (Å²) in [5.41, 5.74) is 9.85. The van der Waals surface area contributed by atoms with Gasteiger partial charge in [-0.1, -0.05) is 48.9 Å². The van der Waals surface area contributed by atoms with E-state index in [1.165, 1.54) is 12.0 Å². The summed E-state index contributed by atoms with van der Waals surface area (Å²) in [4.78, 5) is 20.6. The van der Waals surface area contributed by atoms with Crippen LogP contribution in [0.25, 0.3) is 10.4 Å². The lowest BCUT2D eigenvalue weighted by Gasteiger charge is -2.04. The Labute approximate surface area is 175 Å². The van der Waals surface area contributed by atoms with E-state index in [-0.39, 0.29) is 0 Å². The van der Waals surface area contributed by atoms with Crippen molar-refractivity contribution in [1.82, 2.24) is 5.32 Å². The number of amides is 1. The molecule has 0 spiro atoms. The molecule has 1 amide bonds. The van der Waals surface area contributed by atoms with Crippen LogP contribution in [0.1, 0.15) is 25.8 Å². The minimum absolute atomic E-state index is 0.486. The van der Waals surface area contributed by atoms with Crippen LogP contribution in [0, 0.1) is 5.92 Å². The Bertz CT molecular complexity index is 893. The van der Waals surface area contributed by atoms with Crippen molar-refractivity contribution in [3.05, 3.63) is 64.5 Å². The van der Waals surface area contributed by atoms with Crippen molar-refractivity contribution >= 4 is 29.4 Å². The van der Waals surface area contributed by atoms with Gasteiger partial charge in [-0.2, -0.15) is 0 Å². The molecule has 0 atom stereocenters. The predicted octanol–water partition coefficient (Wildman–Crippen LogP) is 6.12. The molecule has 0 unspecified atom stereocenters. The number of carbonyl (C=O) groups is 1. The number of hydrogen-bond acceptors (Lipinski definition) is 5. The molecule has 1 heterocycles. The zero-order valence-corrected chi connectivity index (χ0v) is 17.6. The molecule has 1 aliphatic heterocycles. The standard InChI is InChI=1S/C16H14N2O2S.C5H11N3/c1-20-16(19)18-15-10-11-9-13(7-8-14(11)17-15)21-12-5-3-2-4-6-12;1-5(2)3-4-7-8-6/h2-9H,10H2,1H3,(H,17,18,19);5H,3-4H2,1-2H3. The highest BCUT2D eigenvalue weighted by Gasteiger charge is 2.17. The first-order valence-corrected chi connectivity index (χ1v) is 10.1. The average molecular weight is 412 g/mol. The highest BCUT2D eigenvalue weighted by molar-refractivity contribution is 7.99. The molecule has 0 radical (unpaired) electrons.